The standard InChI is InChI=1S/C29H32N8O/c1-18(2)36-17-30-34-28(36)24-13-8-14-25(32-24)33-29(38)26-19(3)35(4)27-22(11-7-12-23(26)27)20-15-31-37(16-20)21-9-5-6-10-21/h7-8,11-18,21H,5-6,9-10H2,1-4H3,(H,32,33,38). The van der Waals surface area contributed by atoms with Crippen molar-refractivity contribution < 1.29 is 4.79 Å². The Morgan fingerprint density at radius 2 is 1.89 bits per heavy atom. The van der Waals surface area contributed by atoms with E-state index in [4.69, 9.17) is 0 Å². The molecule has 0 spiro atoms. The van der Waals surface area contributed by atoms with E-state index in [0.29, 0.717) is 28.9 Å². The Morgan fingerprint density at radius 3 is 2.68 bits per heavy atom. The monoisotopic (exact) mass is 508 g/mol. The van der Waals surface area contributed by atoms with Crippen LogP contribution in [0.5, 0.6) is 0 Å². The summed E-state index contributed by atoms with van der Waals surface area (Å²) in [4.78, 5) is 18.3. The average Bonchev–Trinajstić information content (AvgIpc) is 3.71. The highest BCUT2D eigenvalue weighted by Gasteiger charge is 2.23. The van der Waals surface area contributed by atoms with Gasteiger partial charge in [0.2, 0.25) is 0 Å². The van der Waals surface area contributed by atoms with E-state index in [9.17, 15) is 4.79 Å². The van der Waals surface area contributed by atoms with Crippen molar-refractivity contribution in [2.45, 2.75) is 58.5 Å². The topological polar surface area (TPSA) is 95.5 Å². The lowest BCUT2D eigenvalue weighted by atomic mass is 10.0. The maximum atomic E-state index is 13.6. The van der Waals surface area contributed by atoms with Crippen LogP contribution in [0.2, 0.25) is 0 Å². The normalized spacial score (nSPS) is 14.1. The number of rotatable bonds is 6. The van der Waals surface area contributed by atoms with Crippen molar-refractivity contribution in [3.8, 4) is 22.6 Å². The van der Waals surface area contributed by atoms with Gasteiger partial charge in [0.25, 0.3) is 5.91 Å². The summed E-state index contributed by atoms with van der Waals surface area (Å²) in [5, 5.41) is 16.9. The van der Waals surface area contributed by atoms with Crippen molar-refractivity contribution in [2.75, 3.05) is 5.32 Å². The maximum Gasteiger partial charge on any atom is 0.259 e. The highest BCUT2D eigenvalue weighted by molar-refractivity contribution is 6.15. The third-order valence-electron chi connectivity index (χ3n) is 7.69. The lowest BCUT2D eigenvalue weighted by Crippen LogP contribution is -2.14. The Hall–Kier alpha value is -4.27. The van der Waals surface area contributed by atoms with Gasteiger partial charge in [0.05, 0.1) is 23.3 Å². The van der Waals surface area contributed by atoms with Crippen molar-refractivity contribution in [3.63, 3.8) is 0 Å². The minimum absolute atomic E-state index is 0.192. The summed E-state index contributed by atoms with van der Waals surface area (Å²) >= 11 is 0. The number of amides is 1. The fourth-order valence-electron chi connectivity index (χ4n) is 5.61. The highest BCUT2D eigenvalue weighted by Crippen LogP contribution is 2.35. The predicted octanol–water partition coefficient (Wildman–Crippen LogP) is 5.95. The van der Waals surface area contributed by atoms with Gasteiger partial charge < -0.3 is 14.5 Å². The van der Waals surface area contributed by atoms with Crippen LogP contribution < -0.4 is 5.32 Å². The Bertz CT molecular complexity index is 1630. The summed E-state index contributed by atoms with van der Waals surface area (Å²) in [5.41, 5.74) is 5.36. The summed E-state index contributed by atoms with van der Waals surface area (Å²) in [6, 6.07) is 12.3. The van der Waals surface area contributed by atoms with Crippen molar-refractivity contribution in [1.82, 2.24) is 34.1 Å². The van der Waals surface area contributed by atoms with E-state index in [1.54, 1.807) is 12.4 Å². The number of nitrogens with zero attached hydrogens (tertiary/aromatic N) is 7. The van der Waals surface area contributed by atoms with Gasteiger partial charge in [0, 0.05) is 41.5 Å². The lowest BCUT2D eigenvalue weighted by molar-refractivity contribution is 0.102. The molecule has 0 unspecified atom stereocenters. The second kappa shape index (κ2) is 9.55. The number of carbonyl (C=O) groups is 1. The highest BCUT2D eigenvalue weighted by atomic mass is 16.1. The van der Waals surface area contributed by atoms with Gasteiger partial charge in [-0.25, -0.2) is 4.98 Å². The molecule has 6 rings (SSSR count). The molecule has 0 aliphatic heterocycles. The van der Waals surface area contributed by atoms with E-state index in [0.717, 1.165) is 27.7 Å². The van der Waals surface area contributed by atoms with Gasteiger partial charge in [-0.05, 0) is 45.7 Å². The molecule has 1 fully saturated rings. The molecule has 0 atom stereocenters. The molecule has 1 aliphatic rings. The third kappa shape index (κ3) is 4.08. The first-order valence-corrected chi connectivity index (χ1v) is 13.2. The molecule has 1 saturated carbocycles. The molecule has 0 bridgehead atoms. The summed E-state index contributed by atoms with van der Waals surface area (Å²) < 4.78 is 6.17. The van der Waals surface area contributed by atoms with Crippen molar-refractivity contribution in [1.29, 1.82) is 0 Å². The Labute approximate surface area is 221 Å². The van der Waals surface area contributed by atoms with E-state index in [1.165, 1.54) is 25.7 Å². The molecule has 9 heteroatoms. The summed E-state index contributed by atoms with van der Waals surface area (Å²) in [7, 11) is 2.01. The van der Waals surface area contributed by atoms with Crippen molar-refractivity contribution >= 4 is 22.6 Å². The molecule has 0 radical (unpaired) electrons. The van der Waals surface area contributed by atoms with Crippen LogP contribution in [0.15, 0.2) is 55.1 Å². The molecule has 4 aromatic heterocycles. The quantitative estimate of drug-likeness (QED) is 0.306. The van der Waals surface area contributed by atoms with Gasteiger partial charge in [-0.2, -0.15) is 5.10 Å². The first kappa shape index (κ1) is 24.1. The number of anilines is 1. The fraction of sp³-hybridized carbons (Fsp3) is 0.345. The summed E-state index contributed by atoms with van der Waals surface area (Å²) in [6.07, 6.45) is 10.7. The van der Waals surface area contributed by atoms with E-state index < -0.39 is 0 Å². The Kier molecular flexibility index (Phi) is 6.06. The van der Waals surface area contributed by atoms with Gasteiger partial charge in [0.15, 0.2) is 5.82 Å². The van der Waals surface area contributed by atoms with Crippen LogP contribution in [0.25, 0.3) is 33.5 Å². The summed E-state index contributed by atoms with van der Waals surface area (Å²) in [5.74, 6) is 0.943. The number of aromatic nitrogens is 7. The van der Waals surface area contributed by atoms with E-state index >= 15 is 0 Å². The Morgan fingerprint density at radius 1 is 1.11 bits per heavy atom. The van der Waals surface area contributed by atoms with E-state index in [2.05, 4.69) is 61.0 Å². The molecular weight excluding hydrogens is 476 g/mol. The zero-order valence-electron chi connectivity index (χ0n) is 22.2. The molecule has 4 heterocycles. The number of benzene rings is 1. The van der Waals surface area contributed by atoms with Gasteiger partial charge in [0.1, 0.15) is 17.8 Å². The number of pyridine rings is 1. The van der Waals surface area contributed by atoms with Crippen LogP contribution in [0.3, 0.4) is 0 Å². The number of hydrogen-bond donors (Lipinski definition) is 1. The summed E-state index contributed by atoms with van der Waals surface area (Å²) in [6.45, 7) is 6.11. The van der Waals surface area contributed by atoms with Crippen LogP contribution in [0.1, 0.15) is 67.7 Å². The zero-order chi connectivity index (χ0) is 26.4. The van der Waals surface area contributed by atoms with Gasteiger partial charge >= 0.3 is 0 Å². The molecule has 38 heavy (non-hydrogen) atoms. The minimum atomic E-state index is -0.193. The predicted molar refractivity (Wildman–Crippen MR) is 148 cm³/mol. The van der Waals surface area contributed by atoms with Crippen LogP contribution in [0.4, 0.5) is 5.82 Å². The molecule has 5 aromatic rings. The van der Waals surface area contributed by atoms with E-state index in [1.807, 2.05) is 49.0 Å². The van der Waals surface area contributed by atoms with Crippen LogP contribution in [-0.2, 0) is 7.05 Å². The molecule has 1 aliphatic carbocycles. The number of nitrogens with one attached hydrogen (secondary N) is 1. The number of aryl methyl sites for hydroxylation is 1. The van der Waals surface area contributed by atoms with Gasteiger partial charge in [-0.15, -0.1) is 10.2 Å². The SMILES string of the molecule is Cc1c(C(=O)Nc2cccc(-c3nncn3C(C)C)n2)c2cccc(-c3cnn(C4CCCC4)c3)c2n1C. The largest absolute Gasteiger partial charge is 0.347 e. The number of carbonyl (C=O) groups excluding carboxylic acids is 1. The fourth-order valence-corrected chi connectivity index (χ4v) is 5.61. The zero-order valence-corrected chi connectivity index (χ0v) is 22.2. The van der Waals surface area contributed by atoms with Gasteiger partial charge in [-0.3, -0.25) is 9.48 Å². The smallest absolute Gasteiger partial charge is 0.259 e. The number of para-hydroxylation sites is 1. The first-order valence-electron chi connectivity index (χ1n) is 13.2. The molecule has 1 aromatic carbocycles. The second-order valence-corrected chi connectivity index (χ2v) is 10.4. The first-order chi connectivity index (χ1) is 18.4. The minimum Gasteiger partial charge on any atom is -0.347 e. The average molecular weight is 509 g/mol. The van der Waals surface area contributed by atoms with Crippen molar-refractivity contribution in [3.05, 3.63) is 66.4 Å². The van der Waals surface area contributed by atoms with E-state index in [-0.39, 0.29) is 11.9 Å². The molecule has 0 saturated heterocycles. The van der Waals surface area contributed by atoms with Gasteiger partial charge in [-0.1, -0.05) is 37.1 Å². The lowest BCUT2D eigenvalue weighted by Gasteiger charge is -2.11. The van der Waals surface area contributed by atoms with Crippen LogP contribution in [-0.4, -0.2) is 40.0 Å². The number of hydrogen-bond acceptors (Lipinski definition) is 5. The van der Waals surface area contributed by atoms with Crippen molar-refractivity contribution in [2.24, 2.45) is 7.05 Å². The molecule has 1 N–H and O–H groups in total. The molecule has 9 nitrogen and oxygen atoms in total. The molecular formula is C29H32N8O. The molecule has 194 valence electrons. The Balaban J connectivity index is 1.34. The second-order valence-electron chi connectivity index (χ2n) is 10.4. The molecule has 1 amide bonds. The number of fused-ring (bicyclic) bond motifs is 1. The third-order valence-corrected chi connectivity index (χ3v) is 7.69. The van der Waals surface area contributed by atoms with Crippen LogP contribution >= 0.6 is 0 Å². The maximum absolute atomic E-state index is 13.6. The van der Waals surface area contributed by atoms with Crippen LogP contribution in [0, 0.1) is 6.92 Å².